The maximum atomic E-state index is 6.24. The van der Waals surface area contributed by atoms with Crippen LogP contribution in [0.5, 0.6) is 0 Å². The van der Waals surface area contributed by atoms with Crippen LogP contribution in [0.1, 0.15) is 22.7 Å². The Labute approximate surface area is 110 Å². The van der Waals surface area contributed by atoms with Gasteiger partial charge in [-0.2, -0.15) is 0 Å². The quantitative estimate of drug-likeness (QED) is 0.814. The smallest absolute Gasteiger partial charge is 0.0597 e. The molecule has 0 bridgehead atoms. The normalized spacial score (nSPS) is 18.1. The Balaban J connectivity index is 2.10. The van der Waals surface area contributed by atoms with Gasteiger partial charge in [0, 0.05) is 16.6 Å². The molecule has 0 fully saturated rings. The van der Waals surface area contributed by atoms with Crippen LogP contribution >= 0.6 is 23.2 Å². The highest BCUT2D eigenvalue weighted by Gasteiger charge is 2.24. The lowest BCUT2D eigenvalue weighted by Gasteiger charge is -2.14. The molecule has 0 aliphatic carbocycles. The van der Waals surface area contributed by atoms with E-state index in [2.05, 4.69) is 29.6 Å². The number of fused-ring (bicyclic) bond motifs is 1. The van der Waals surface area contributed by atoms with Gasteiger partial charge in [-0.15, -0.1) is 0 Å². The lowest BCUT2D eigenvalue weighted by molar-refractivity contribution is 0.667. The molecule has 1 aliphatic heterocycles. The summed E-state index contributed by atoms with van der Waals surface area (Å²) in [5, 5.41) is 4.93. The highest BCUT2D eigenvalue weighted by Crippen LogP contribution is 2.35. The second kappa shape index (κ2) is 4.34. The molecule has 0 amide bonds. The van der Waals surface area contributed by atoms with Gasteiger partial charge in [-0.05, 0) is 34.9 Å². The van der Waals surface area contributed by atoms with E-state index in [0.29, 0.717) is 0 Å². The summed E-state index contributed by atoms with van der Waals surface area (Å²) in [5.74, 6) is 0. The number of rotatable bonds is 1. The molecule has 1 atom stereocenters. The van der Waals surface area contributed by atoms with Gasteiger partial charge >= 0.3 is 0 Å². The van der Waals surface area contributed by atoms with E-state index in [4.69, 9.17) is 23.2 Å². The molecule has 0 saturated carbocycles. The van der Waals surface area contributed by atoms with E-state index >= 15 is 0 Å². The Morgan fingerprint density at radius 1 is 1.00 bits per heavy atom. The van der Waals surface area contributed by atoms with Crippen molar-refractivity contribution in [3.63, 3.8) is 0 Å². The Morgan fingerprint density at radius 2 is 1.82 bits per heavy atom. The SMILES string of the molecule is Clc1ccc(Cl)c(C2NCc3ccccc32)c1. The zero-order chi connectivity index (χ0) is 11.8. The van der Waals surface area contributed by atoms with Crippen molar-refractivity contribution in [2.24, 2.45) is 0 Å². The second-order valence-corrected chi connectivity index (χ2v) is 5.02. The Kier molecular flexibility index (Phi) is 2.83. The first-order valence-electron chi connectivity index (χ1n) is 5.52. The summed E-state index contributed by atoms with van der Waals surface area (Å²) in [6.07, 6.45) is 0. The number of hydrogen-bond donors (Lipinski definition) is 1. The van der Waals surface area contributed by atoms with E-state index in [-0.39, 0.29) is 6.04 Å². The highest BCUT2D eigenvalue weighted by atomic mass is 35.5. The fourth-order valence-electron chi connectivity index (χ4n) is 2.31. The van der Waals surface area contributed by atoms with Crippen LogP contribution in [0.15, 0.2) is 42.5 Å². The first-order valence-corrected chi connectivity index (χ1v) is 6.27. The minimum atomic E-state index is 0.150. The maximum Gasteiger partial charge on any atom is 0.0597 e. The average molecular weight is 264 g/mol. The molecule has 86 valence electrons. The third-order valence-electron chi connectivity index (χ3n) is 3.13. The van der Waals surface area contributed by atoms with Crippen molar-refractivity contribution in [2.45, 2.75) is 12.6 Å². The van der Waals surface area contributed by atoms with Crippen LogP contribution in [0.4, 0.5) is 0 Å². The summed E-state index contributed by atoms with van der Waals surface area (Å²) in [6, 6.07) is 14.1. The molecule has 2 aromatic carbocycles. The number of hydrogen-bond acceptors (Lipinski definition) is 1. The topological polar surface area (TPSA) is 12.0 Å². The van der Waals surface area contributed by atoms with E-state index in [1.165, 1.54) is 11.1 Å². The molecule has 17 heavy (non-hydrogen) atoms. The van der Waals surface area contributed by atoms with Crippen molar-refractivity contribution >= 4 is 23.2 Å². The number of benzene rings is 2. The van der Waals surface area contributed by atoms with Gasteiger partial charge in [-0.3, -0.25) is 0 Å². The number of nitrogens with one attached hydrogen (secondary N) is 1. The first kappa shape index (κ1) is 11.1. The summed E-state index contributed by atoms with van der Waals surface area (Å²) in [4.78, 5) is 0. The van der Waals surface area contributed by atoms with Crippen molar-refractivity contribution in [3.8, 4) is 0 Å². The van der Waals surface area contributed by atoms with E-state index in [9.17, 15) is 0 Å². The molecule has 0 aromatic heterocycles. The molecule has 3 rings (SSSR count). The summed E-state index contributed by atoms with van der Waals surface area (Å²) in [6.45, 7) is 0.879. The predicted molar refractivity (Wildman–Crippen MR) is 71.6 cm³/mol. The Bertz CT molecular complexity index is 566. The average Bonchev–Trinajstić information content (AvgIpc) is 2.76. The second-order valence-electron chi connectivity index (χ2n) is 4.18. The minimum absolute atomic E-state index is 0.150. The molecule has 3 heteroatoms. The molecule has 1 aliphatic rings. The van der Waals surface area contributed by atoms with Crippen LogP contribution in [0.3, 0.4) is 0 Å². The Morgan fingerprint density at radius 3 is 2.71 bits per heavy atom. The largest absolute Gasteiger partial charge is 0.302 e. The minimum Gasteiger partial charge on any atom is -0.302 e. The van der Waals surface area contributed by atoms with Crippen molar-refractivity contribution in [1.29, 1.82) is 0 Å². The van der Waals surface area contributed by atoms with E-state index < -0.39 is 0 Å². The molecular weight excluding hydrogens is 253 g/mol. The van der Waals surface area contributed by atoms with Gasteiger partial charge in [0.25, 0.3) is 0 Å². The zero-order valence-corrected chi connectivity index (χ0v) is 10.6. The van der Waals surface area contributed by atoms with E-state index in [1.54, 1.807) is 0 Å². The van der Waals surface area contributed by atoms with Crippen molar-refractivity contribution in [3.05, 3.63) is 69.2 Å². The summed E-state index contributed by atoms with van der Waals surface area (Å²) >= 11 is 12.3. The van der Waals surface area contributed by atoms with Gasteiger partial charge in [0.2, 0.25) is 0 Å². The zero-order valence-electron chi connectivity index (χ0n) is 9.08. The van der Waals surface area contributed by atoms with Crippen LogP contribution in [0.25, 0.3) is 0 Å². The van der Waals surface area contributed by atoms with Crippen LogP contribution in [-0.4, -0.2) is 0 Å². The fraction of sp³-hybridized carbons (Fsp3) is 0.143. The van der Waals surface area contributed by atoms with Crippen LogP contribution in [0.2, 0.25) is 10.0 Å². The van der Waals surface area contributed by atoms with Crippen molar-refractivity contribution in [1.82, 2.24) is 5.32 Å². The monoisotopic (exact) mass is 263 g/mol. The third kappa shape index (κ3) is 1.95. The van der Waals surface area contributed by atoms with Gasteiger partial charge < -0.3 is 5.32 Å². The molecule has 0 saturated heterocycles. The van der Waals surface area contributed by atoms with Gasteiger partial charge in [0.1, 0.15) is 0 Å². The molecule has 1 unspecified atom stereocenters. The highest BCUT2D eigenvalue weighted by molar-refractivity contribution is 6.33. The van der Waals surface area contributed by atoms with E-state index in [0.717, 1.165) is 22.2 Å². The van der Waals surface area contributed by atoms with Crippen LogP contribution in [0, 0.1) is 0 Å². The molecule has 0 spiro atoms. The molecule has 1 heterocycles. The molecule has 2 aromatic rings. The summed E-state index contributed by atoms with van der Waals surface area (Å²) in [5.41, 5.74) is 3.66. The molecule has 1 N–H and O–H groups in total. The van der Waals surface area contributed by atoms with Gasteiger partial charge in [0.05, 0.1) is 6.04 Å². The van der Waals surface area contributed by atoms with E-state index in [1.807, 2.05) is 18.2 Å². The molecule has 1 nitrogen and oxygen atoms in total. The Hall–Kier alpha value is -1.02. The van der Waals surface area contributed by atoms with Gasteiger partial charge in [-0.1, -0.05) is 47.5 Å². The lowest BCUT2D eigenvalue weighted by atomic mass is 9.98. The van der Waals surface area contributed by atoms with Gasteiger partial charge in [-0.25, -0.2) is 0 Å². The van der Waals surface area contributed by atoms with Crippen molar-refractivity contribution < 1.29 is 0 Å². The standard InChI is InChI=1S/C14H11Cl2N/c15-10-5-6-13(16)12(7-10)14-11-4-2-1-3-9(11)8-17-14/h1-7,14,17H,8H2. The lowest BCUT2D eigenvalue weighted by Crippen LogP contribution is -2.13. The third-order valence-corrected chi connectivity index (χ3v) is 3.71. The predicted octanol–water partition coefficient (Wildman–Crippen LogP) is 4.19. The van der Waals surface area contributed by atoms with Gasteiger partial charge in [0.15, 0.2) is 0 Å². The molecular formula is C14H11Cl2N. The first-order chi connectivity index (χ1) is 8.25. The van der Waals surface area contributed by atoms with Crippen LogP contribution < -0.4 is 5.32 Å². The summed E-state index contributed by atoms with van der Waals surface area (Å²) < 4.78 is 0. The van der Waals surface area contributed by atoms with Crippen molar-refractivity contribution in [2.75, 3.05) is 0 Å². The maximum absolute atomic E-state index is 6.24. The molecule has 0 radical (unpaired) electrons. The fourth-order valence-corrected chi connectivity index (χ4v) is 2.72. The summed E-state index contributed by atoms with van der Waals surface area (Å²) in [7, 11) is 0. The van der Waals surface area contributed by atoms with Crippen LogP contribution in [-0.2, 0) is 6.54 Å². The number of halogens is 2.